The van der Waals surface area contributed by atoms with E-state index in [4.69, 9.17) is 4.98 Å². The highest BCUT2D eigenvalue weighted by Gasteiger charge is 2.21. The standard InChI is InChI=1S/C16H19FN6.ClH/c1-10-8-14-12(9-13(10)17)15-18-11(2)20-23(15)16(19-14)22-6-4-21(3)5-7-22;/h8-9H,4-7H2,1-3H3;1H. The van der Waals surface area contributed by atoms with E-state index in [1.165, 1.54) is 6.07 Å². The Hall–Kier alpha value is -1.99. The maximum atomic E-state index is 14.0. The minimum absolute atomic E-state index is 0. The van der Waals surface area contributed by atoms with Crippen LogP contribution in [0.1, 0.15) is 11.4 Å². The van der Waals surface area contributed by atoms with Crippen molar-refractivity contribution in [2.45, 2.75) is 13.8 Å². The topological polar surface area (TPSA) is 49.6 Å². The first-order valence-corrected chi connectivity index (χ1v) is 7.79. The highest BCUT2D eigenvalue weighted by molar-refractivity contribution is 5.92. The van der Waals surface area contributed by atoms with Gasteiger partial charge in [-0.3, -0.25) is 0 Å². The number of halogens is 2. The van der Waals surface area contributed by atoms with E-state index in [1.54, 1.807) is 17.5 Å². The summed E-state index contributed by atoms with van der Waals surface area (Å²) in [6, 6.07) is 3.29. The van der Waals surface area contributed by atoms with E-state index in [1.807, 2.05) is 6.92 Å². The summed E-state index contributed by atoms with van der Waals surface area (Å²) in [4.78, 5) is 13.8. The van der Waals surface area contributed by atoms with Crippen LogP contribution in [0.4, 0.5) is 10.3 Å². The Morgan fingerprint density at radius 3 is 2.46 bits per heavy atom. The summed E-state index contributed by atoms with van der Waals surface area (Å²) < 4.78 is 15.7. The molecule has 1 fully saturated rings. The van der Waals surface area contributed by atoms with E-state index in [-0.39, 0.29) is 18.2 Å². The number of aryl methyl sites for hydroxylation is 2. The zero-order valence-corrected chi connectivity index (χ0v) is 14.8. The molecule has 0 atom stereocenters. The van der Waals surface area contributed by atoms with Crippen LogP contribution >= 0.6 is 12.4 Å². The van der Waals surface area contributed by atoms with E-state index < -0.39 is 0 Å². The van der Waals surface area contributed by atoms with Crippen LogP contribution in [-0.2, 0) is 0 Å². The zero-order valence-electron chi connectivity index (χ0n) is 14.0. The summed E-state index contributed by atoms with van der Waals surface area (Å²) in [6.45, 7) is 7.35. The average molecular weight is 351 g/mol. The summed E-state index contributed by atoms with van der Waals surface area (Å²) in [5, 5.41) is 5.18. The molecule has 1 saturated heterocycles. The Labute approximate surface area is 145 Å². The van der Waals surface area contributed by atoms with Gasteiger partial charge in [-0.05, 0) is 38.6 Å². The number of likely N-dealkylation sites (N-methyl/N-ethyl adjacent to an activating group) is 1. The molecule has 1 aliphatic heterocycles. The van der Waals surface area contributed by atoms with Crippen molar-refractivity contribution in [3.63, 3.8) is 0 Å². The van der Waals surface area contributed by atoms with Gasteiger partial charge in [0, 0.05) is 31.6 Å². The number of fused-ring (bicyclic) bond motifs is 3. The Balaban J connectivity index is 0.00000169. The van der Waals surface area contributed by atoms with E-state index in [0.29, 0.717) is 22.4 Å². The minimum atomic E-state index is -0.241. The normalized spacial score (nSPS) is 15.9. The van der Waals surface area contributed by atoms with Crippen molar-refractivity contribution in [2.75, 3.05) is 38.1 Å². The molecule has 0 radical (unpaired) electrons. The molecule has 1 aromatic carbocycles. The van der Waals surface area contributed by atoms with Crippen LogP contribution in [0.25, 0.3) is 16.6 Å². The fourth-order valence-electron chi connectivity index (χ4n) is 3.03. The maximum absolute atomic E-state index is 14.0. The first-order chi connectivity index (χ1) is 11.0. The summed E-state index contributed by atoms with van der Waals surface area (Å²) in [5.74, 6) is 1.21. The number of piperazine rings is 1. The Kier molecular flexibility index (Phi) is 4.31. The molecule has 0 unspecified atom stereocenters. The van der Waals surface area contributed by atoms with Crippen LogP contribution in [0, 0.1) is 19.7 Å². The van der Waals surface area contributed by atoms with Gasteiger partial charge in [0.2, 0.25) is 5.95 Å². The van der Waals surface area contributed by atoms with Gasteiger partial charge in [-0.1, -0.05) is 0 Å². The first kappa shape index (κ1) is 16.9. The molecule has 1 aliphatic rings. The molecule has 128 valence electrons. The van der Waals surface area contributed by atoms with Crippen LogP contribution in [0.15, 0.2) is 12.1 Å². The lowest BCUT2D eigenvalue weighted by Gasteiger charge is -2.33. The molecule has 0 bridgehead atoms. The Morgan fingerprint density at radius 2 is 1.75 bits per heavy atom. The number of rotatable bonds is 1. The maximum Gasteiger partial charge on any atom is 0.229 e. The Morgan fingerprint density at radius 1 is 1.04 bits per heavy atom. The lowest BCUT2D eigenvalue weighted by molar-refractivity contribution is 0.310. The number of anilines is 1. The highest BCUT2D eigenvalue weighted by Crippen LogP contribution is 2.25. The average Bonchev–Trinajstić information content (AvgIpc) is 2.91. The van der Waals surface area contributed by atoms with E-state index >= 15 is 0 Å². The van der Waals surface area contributed by atoms with Crippen LogP contribution in [0.2, 0.25) is 0 Å². The third-order valence-corrected chi connectivity index (χ3v) is 4.43. The second-order valence-electron chi connectivity index (χ2n) is 6.22. The van der Waals surface area contributed by atoms with Gasteiger partial charge in [0.25, 0.3) is 0 Å². The van der Waals surface area contributed by atoms with Crippen LogP contribution in [0.3, 0.4) is 0 Å². The largest absolute Gasteiger partial charge is 0.338 e. The SMILES string of the molecule is Cc1nc2c3cc(F)c(C)cc3nc(N3CCN(C)CC3)n2n1.Cl. The number of benzene rings is 1. The van der Waals surface area contributed by atoms with Crippen molar-refractivity contribution >= 4 is 34.9 Å². The highest BCUT2D eigenvalue weighted by atomic mass is 35.5. The quantitative estimate of drug-likeness (QED) is 0.673. The molecule has 2 aromatic heterocycles. The lowest BCUT2D eigenvalue weighted by Crippen LogP contribution is -2.45. The first-order valence-electron chi connectivity index (χ1n) is 7.79. The fraction of sp³-hybridized carbons (Fsp3) is 0.438. The molecule has 24 heavy (non-hydrogen) atoms. The third kappa shape index (κ3) is 2.67. The van der Waals surface area contributed by atoms with E-state index in [2.05, 4.69) is 26.9 Å². The summed E-state index contributed by atoms with van der Waals surface area (Å²) in [6.07, 6.45) is 0. The molecule has 4 rings (SSSR count). The lowest BCUT2D eigenvalue weighted by atomic mass is 10.1. The molecule has 3 aromatic rings. The number of nitrogens with zero attached hydrogens (tertiary/aromatic N) is 6. The molecule has 0 N–H and O–H groups in total. The second-order valence-corrected chi connectivity index (χ2v) is 6.22. The van der Waals surface area contributed by atoms with Gasteiger partial charge in [-0.15, -0.1) is 17.5 Å². The monoisotopic (exact) mass is 350 g/mol. The minimum Gasteiger partial charge on any atom is -0.338 e. The molecule has 0 aliphatic carbocycles. The molecule has 8 heteroatoms. The van der Waals surface area contributed by atoms with Gasteiger partial charge in [-0.2, -0.15) is 4.52 Å². The molecule has 3 heterocycles. The van der Waals surface area contributed by atoms with Crippen molar-refractivity contribution < 1.29 is 4.39 Å². The fourth-order valence-corrected chi connectivity index (χ4v) is 3.03. The number of hydrogen-bond donors (Lipinski definition) is 0. The van der Waals surface area contributed by atoms with Gasteiger partial charge in [-0.25, -0.2) is 14.4 Å². The predicted octanol–water partition coefficient (Wildman–Crippen LogP) is 2.21. The molecule has 6 nitrogen and oxygen atoms in total. The van der Waals surface area contributed by atoms with E-state index in [9.17, 15) is 4.39 Å². The second kappa shape index (κ2) is 6.14. The molecular weight excluding hydrogens is 331 g/mol. The van der Waals surface area contributed by atoms with Crippen molar-refractivity contribution in [3.8, 4) is 0 Å². The van der Waals surface area contributed by atoms with Crippen LogP contribution in [-0.4, -0.2) is 57.7 Å². The molecule has 0 amide bonds. The molecular formula is C16H20ClFN6. The van der Waals surface area contributed by atoms with Crippen LogP contribution in [0.5, 0.6) is 0 Å². The van der Waals surface area contributed by atoms with Crippen molar-refractivity contribution in [1.29, 1.82) is 0 Å². The third-order valence-electron chi connectivity index (χ3n) is 4.43. The number of aromatic nitrogens is 4. The van der Waals surface area contributed by atoms with Crippen molar-refractivity contribution in [2.24, 2.45) is 0 Å². The molecule has 0 saturated carbocycles. The predicted molar refractivity (Wildman–Crippen MR) is 94.7 cm³/mol. The van der Waals surface area contributed by atoms with Crippen LogP contribution < -0.4 is 4.90 Å². The van der Waals surface area contributed by atoms with Crippen molar-refractivity contribution in [1.82, 2.24) is 24.5 Å². The summed E-state index contributed by atoms with van der Waals surface area (Å²) >= 11 is 0. The summed E-state index contributed by atoms with van der Waals surface area (Å²) in [7, 11) is 2.12. The zero-order chi connectivity index (χ0) is 16.1. The van der Waals surface area contributed by atoms with Gasteiger partial charge >= 0.3 is 0 Å². The Bertz CT molecular complexity index is 901. The van der Waals surface area contributed by atoms with Gasteiger partial charge in [0.1, 0.15) is 11.6 Å². The number of hydrogen-bond acceptors (Lipinski definition) is 5. The van der Waals surface area contributed by atoms with Gasteiger partial charge < -0.3 is 9.80 Å². The van der Waals surface area contributed by atoms with Crippen molar-refractivity contribution in [3.05, 3.63) is 29.3 Å². The van der Waals surface area contributed by atoms with Gasteiger partial charge in [0.05, 0.1) is 5.52 Å². The molecule has 0 spiro atoms. The van der Waals surface area contributed by atoms with Gasteiger partial charge in [0.15, 0.2) is 5.65 Å². The smallest absolute Gasteiger partial charge is 0.229 e. The summed E-state index contributed by atoms with van der Waals surface area (Å²) in [5.41, 5.74) is 2.02. The van der Waals surface area contributed by atoms with E-state index in [0.717, 1.165) is 37.6 Å².